The Labute approximate surface area is 190 Å². The molecule has 5 rings (SSSR count). The number of aromatic nitrogens is 2. The van der Waals surface area contributed by atoms with Crippen molar-refractivity contribution in [3.63, 3.8) is 0 Å². The molecule has 0 bridgehead atoms. The molecule has 1 aliphatic carbocycles. The number of aryl methyl sites for hydroxylation is 1. The molecule has 1 amide bonds. The number of benzene rings is 1. The summed E-state index contributed by atoms with van der Waals surface area (Å²) in [5.74, 6) is 1.15. The van der Waals surface area contributed by atoms with Crippen molar-refractivity contribution in [2.45, 2.75) is 43.4 Å². The summed E-state index contributed by atoms with van der Waals surface area (Å²) in [6.07, 6.45) is 3.10. The summed E-state index contributed by atoms with van der Waals surface area (Å²) in [6.45, 7) is 2.42. The molecule has 1 aliphatic heterocycles. The lowest BCUT2D eigenvalue weighted by molar-refractivity contribution is -0.120. The molecule has 168 valence electrons. The number of nitrogens with one attached hydrogen (secondary N) is 1. The number of nitrogens with zero attached hydrogens (tertiary/aromatic N) is 3. The monoisotopic (exact) mass is 472 g/mol. The van der Waals surface area contributed by atoms with Crippen LogP contribution >= 0.6 is 11.3 Å². The van der Waals surface area contributed by atoms with Crippen LogP contribution in [-0.4, -0.2) is 41.9 Å². The Morgan fingerprint density at radius 3 is 2.56 bits per heavy atom. The largest absolute Gasteiger partial charge is 0.339 e. The Morgan fingerprint density at radius 2 is 1.88 bits per heavy atom. The minimum absolute atomic E-state index is 0.0641. The molecule has 2 aromatic heterocycles. The molecular formula is C22H24N4O4S2. The van der Waals surface area contributed by atoms with Gasteiger partial charge in [0.1, 0.15) is 0 Å². The molecule has 0 radical (unpaired) electrons. The standard InChI is InChI=1S/C22H24N4O4S2/c1-14-19(13-18(31-14)20-24-22(30-25-20)16-7-8-16)32(28,29)26-11-9-15(10-12-26)21(27)23-17-5-3-2-4-6-17/h2-6,13,15-16H,7-12H2,1H3,(H,23,27). The van der Waals surface area contributed by atoms with E-state index >= 15 is 0 Å². The number of hydrogen-bond acceptors (Lipinski definition) is 7. The second-order valence-electron chi connectivity index (χ2n) is 8.30. The van der Waals surface area contributed by atoms with Crippen LogP contribution in [0.5, 0.6) is 0 Å². The van der Waals surface area contributed by atoms with E-state index in [0.717, 1.165) is 18.5 Å². The second-order valence-corrected chi connectivity index (χ2v) is 11.5. The number of piperidine rings is 1. The number of amides is 1. The summed E-state index contributed by atoms with van der Waals surface area (Å²) in [6, 6.07) is 10.9. The summed E-state index contributed by atoms with van der Waals surface area (Å²) in [5, 5.41) is 6.95. The normalized spacial score (nSPS) is 18.0. The Hall–Kier alpha value is -2.56. The predicted octanol–water partition coefficient (Wildman–Crippen LogP) is 4.02. The molecular weight excluding hydrogens is 448 g/mol. The fourth-order valence-corrected chi connectivity index (χ4v) is 6.88. The van der Waals surface area contributed by atoms with Crippen molar-refractivity contribution >= 4 is 33.0 Å². The van der Waals surface area contributed by atoms with Gasteiger partial charge in [0.25, 0.3) is 0 Å². The highest BCUT2D eigenvalue weighted by Gasteiger charge is 2.35. The van der Waals surface area contributed by atoms with Crippen molar-refractivity contribution < 1.29 is 17.7 Å². The second kappa shape index (κ2) is 8.42. The fraction of sp³-hybridized carbons (Fsp3) is 0.409. The minimum Gasteiger partial charge on any atom is -0.339 e. The molecule has 32 heavy (non-hydrogen) atoms. The molecule has 0 spiro atoms. The molecule has 3 heterocycles. The van der Waals surface area contributed by atoms with Gasteiger partial charge in [-0.15, -0.1) is 11.3 Å². The van der Waals surface area contributed by atoms with Crippen molar-refractivity contribution in [1.29, 1.82) is 0 Å². The van der Waals surface area contributed by atoms with Crippen LogP contribution in [0.2, 0.25) is 0 Å². The number of para-hydroxylation sites is 1. The summed E-state index contributed by atoms with van der Waals surface area (Å²) in [5.41, 5.74) is 0.750. The van der Waals surface area contributed by atoms with E-state index in [1.807, 2.05) is 30.3 Å². The maximum atomic E-state index is 13.3. The number of sulfonamides is 1. The van der Waals surface area contributed by atoms with E-state index in [1.54, 1.807) is 13.0 Å². The highest BCUT2D eigenvalue weighted by atomic mass is 32.2. The van der Waals surface area contributed by atoms with Gasteiger partial charge in [0.15, 0.2) is 0 Å². The van der Waals surface area contributed by atoms with E-state index in [-0.39, 0.29) is 16.7 Å². The Morgan fingerprint density at radius 1 is 1.16 bits per heavy atom. The fourth-order valence-electron chi connectivity index (χ4n) is 3.93. The van der Waals surface area contributed by atoms with E-state index in [0.29, 0.717) is 53.3 Å². The number of carbonyl (C=O) groups excluding carboxylic acids is 1. The van der Waals surface area contributed by atoms with E-state index in [4.69, 9.17) is 4.52 Å². The van der Waals surface area contributed by atoms with Crippen LogP contribution in [0.3, 0.4) is 0 Å². The molecule has 1 N–H and O–H groups in total. The number of carbonyl (C=O) groups is 1. The van der Waals surface area contributed by atoms with Crippen molar-refractivity contribution in [2.24, 2.45) is 5.92 Å². The van der Waals surface area contributed by atoms with Gasteiger partial charge in [-0.2, -0.15) is 9.29 Å². The lowest BCUT2D eigenvalue weighted by Gasteiger charge is -2.30. The van der Waals surface area contributed by atoms with Crippen LogP contribution in [0.4, 0.5) is 5.69 Å². The third-order valence-electron chi connectivity index (χ3n) is 5.94. The van der Waals surface area contributed by atoms with Gasteiger partial charge in [0.05, 0.1) is 9.77 Å². The van der Waals surface area contributed by atoms with Crippen LogP contribution in [0.1, 0.15) is 42.4 Å². The van der Waals surface area contributed by atoms with Gasteiger partial charge >= 0.3 is 0 Å². The molecule has 1 saturated heterocycles. The molecule has 10 heteroatoms. The van der Waals surface area contributed by atoms with Crippen LogP contribution in [0.25, 0.3) is 10.7 Å². The van der Waals surface area contributed by atoms with Gasteiger partial charge in [0, 0.05) is 35.5 Å². The first-order valence-electron chi connectivity index (χ1n) is 10.7. The van der Waals surface area contributed by atoms with Gasteiger partial charge in [-0.05, 0) is 50.8 Å². The van der Waals surface area contributed by atoms with Crippen LogP contribution in [0, 0.1) is 12.8 Å². The van der Waals surface area contributed by atoms with Crippen molar-refractivity contribution in [3.8, 4) is 10.7 Å². The third-order valence-corrected chi connectivity index (χ3v) is 9.15. The first-order chi connectivity index (χ1) is 15.4. The van der Waals surface area contributed by atoms with Crippen LogP contribution in [-0.2, 0) is 14.8 Å². The zero-order valence-corrected chi connectivity index (χ0v) is 19.3. The number of thiophene rings is 1. The Balaban J connectivity index is 1.26. The minimum atomic E-state index is -3.66. The zero-order valence-electron chi connectivity index (χ0n) is 17.7. The first kappa shape index (κ1) is 21.3. The summed E-state index contributed by atoms with van der Waals surface area (Å²) < 4.78 is 33.4. The summed E-state index contributed by atoms with van der Waals surface area (Å²) in [4.78, 5) is 18.7. The average Bonchev–Trinajstić information content (AvgIpc) is 3.39. The van der Waals surface area contributed by atoms with Gasteiger partial charge in [-0.3, -0.25) is 4.79 Å². The van der Waals surface area contributed by atoms with E-state index in [2.05, 4.69) is 15.5 Å². The van der Waals surface area contributed by atoms with Crippen LogP contribution < -0.4 is 5.32 Å². The molecule has 2 aliphatic rings. The summed E-state index contributed by atoms with van der Waals surface area (Å²) in [7, 11) is -3.66. The van der Waals surface area contributed by atoms with Gasteiger partial charge < -0.3 is 9.84 Å². The Kier molecular flexibility index (Phi) is 5.60. The quantitative estimate of drug-likeness (QED) is 0.581. The number of rotatable bonds is 6. The predicted molar refractivity (Wildman–Crippen MR) is 121 cm³/mol. The maximum Gasteiger partial charge on any atom is 0.244 e. The van der Waals surface area contributed by atoms with Gasteiger partial charge in [0.2, 0.25) is 27.6 Å². The number of hydrogen-bond donors (Lipinski definition) is 1. The third kappa shape index (κ3) is 4.22. The zero-order chi connectivity index (χ0) is 22.3. The van der Waals surface area contributed by atoms with Crippen molar-refractivity contribution in [2.75, 3.05) is 18.4 Å². The number of anilines is 1. The molecule has 8 nitrogen and oxygen atoms in total. The maximum absolute atomic E-state index is 13.3. The Bertz CT molecular complexity index is 1220. The molecule has 1 aromatic carbocycles. The first-order valence-corrected chi connectivity index (χ1v) is 13.0. The molecule has 0 atom stereocenters. The topological polar surface area (TPSA) is 105 Å². The highest BCUT2D eigenvalue weighted by Crippen LogP contribution is 2.41. The molecule has 2 fully saturated rings. The average molecular weight is 473 g/mol. The molecule has 0 unspecified atom stereocenters. The van der Waals surface area contributed by atoms with Gasteiger partial charge in [-0.1, -0.05) is 23.4 Å². The van der Waals surface area contributed by atoms with Gasteiger partial charge in [-0.25, -0.2) is 8.42 Å². The SMILES string of the molecule is Cc1sc(-c2noc(C3CC3)n2)cc1S(=O)(=O)N1CCC(C(=O)Nc2ccccc2)CC1. The van der Waals surface area contributed by atoms with Crippen molar-refractivity contribution in [3.05, 3.63) is 47.2 Å². The smallest absolute Gasteiger partial charge is 0.244 e. The summed E-state index contributed by atoms with van der Waals surface area (Å²) >= 11 is 1.36. The lowest BCUT2D eigenvalue weighted by atomic mass is 9.97. The molecule has 3 aromatic rings. The highest BCUT2D eigenvalue weighted by molar-refractivity contribution is 7.89. The molecule has 1 saturated carbocycles. The van der Waals surface area contributed by atoms with Crippen molar-refractivity contribution in [1.82, 2.24) is 14.4 Å². The van der Waals surface area contributed by atoms with E-state index in [1.165, 1.54) is 15.6 Å². The van der Waals surface area contributed by atoms with E-state index < -0.39 is 10.0 Å². The van der Waals surface area contributed by atoms with E-state index in [9.17, 15) is 13.2 Å². The van der Waals surface area contributed by atoms with Crippen LogP contribution in [0.15, 0.2) is 45.8 Å². The lowest BCUT2D eigenvalue weighted by Crippen LogP contribution is -2.41.